The molecule has 2 aromatic rings. The zero-order valence-electron chi connectivity index (χ0n) is 12.3. The number of benzene rings is 2. The number of nitrogens with one attached hydrogen (secondary N) is 1. The molecule has 1 unspecified atom stereocenters. The molecule has 0 saturated heterocycles. The minimum Gasteiger partial charge on any atom is -0.392 e. The SMILES string of the molecule is CC(CSc1ccc(F)cc1)C(=O)Nc1cccc(CO)c1. The van der Waals surface area contributed by atoms with Gasteiger partial charge in [-0.05, 0) is 42.0 Å². The van der Waals surface area contributed by atoms with Crippen molar-refractivity contribution in [2.24, 2.45) is 5.92 Å². The standard InChI is InChI=1S/C17H18FNO2S/c1-12(11-22-16-7-5-14(18)6-8-16)17(21)19-15-4-2-3-13(9-15)10-20/h2-9,12,20H,10-11H2,1H3,(H,19,21). The minimum absolute atomic E-state index is 0.0559. The maximum atomic E-state index is 12.8. The fraction of sp³-hybridized carbons (Fsp3) is 0.235. The molecule has 0 heterocycles. The topological polar surface area (TPSA) is 49.3 Å². The van der Waals surface area contributed by atoms with Gasteiger partial charge in [-0.25, -0.2) is 4.39 Å². The second-order valence-corrected chi connectivity index (χ2v) is 6.11. The lowest BCUT2D eigenvalue weighted by molar-refractivity contribution is -0.118. The Morgan fingerprint density at radius 3 is 2.68 bits per heavy atom. The summed E-state index contributed by atoms with van der Waals surface area (Å²) in [6.07, 6.45) is 0. The first kappa shape index (κ1) is 16.5. The van der Waals surface area contributed by atoms with Crippen molar-refractivity contribution in [3.05, 3.63) is 59.9 Å². The molecule has 1 atom stereocenters. The summed E-state index contributed by atoms with van der Waals surface area (Å²) < 4.78 is 12.8. The molecule has 22 heavy (non-hydrogen) atoms. The van der Waals surface area contributed by atoms with Gasteiger partial charge in [-0.1, -0.05) is 19.1 Å². The molecule has 0 aliphatic carbocycles. The lowest BCUT2D eigenvalue weighted by atomic mass is 10.1. The first-order valence-electron chi connectivity index (χ1n) is 6.97. The van der Waals surface area contributed by atoms with E-state index >= 15 is 0 Å². The van der Waals surface area contributed by atoms with E-state index in [1.165, 1.54) is 23.9 Å². The highest BCUT2D eigenvalue weighted by molar-refractivity contribution is 7.99. The third kappa shape index (κ3) is 4.86. The number of halogens is 1. The van der Waals surface area contributed by atoms with Gasteiger partial charge in [0.15, 0.2) is 0 Å². The monoisotopic (exact) mass is 319 g/mol. The number of anilines is 1. The average Bonchev–Trinajstić information content (AvgIpc) is 2.54. The molecule has 0 aliphatic heterocycles. The van der Waals surface area contributed by atoms with Crippen LogP contribution in [0.25, 0.3) is 0 Å². The molecular weight excluding hydrogens is 301 g/mol. The molecule has 0 aliphatic rings. The van der Waals surface area contributed by atoms with Crippen molar-refractivity contribution in [1.29, 1.82) is 0 Å². The molecule has 0 saturated carbocycles. The van der Waals surface area contributed by atoms with E-state index in [9.17, 15) is 9.18 Å². The number of rotatable bonds is 6. The van der Waals surface area contributed by atoms with Gasteiger partial charge in [0.05, 0.1) is 6.61 Å². The lowest BCUT2D eigenvalue weighted by Crippen LogP contribution is -2.22. The Morgan fingerprint density at radius 1 is 1.27 bits per heavy atom. The number of thioether (sulfide) groups is 1. The van der Waals surface area contributed by atoms with Gasteiger partial charge in [0.1, 0.15) is 5.82 Å². The highest BCUT2D eigenvalue weighted by atomic mass is 32.2. The predicted octanol–water partition coefficient (Wildman–Crippen LogP) is 3.68. The van der Waals surface area contributed by atoms with E-state index in [0.717, 1.165) is 10.5 Å². The van der Waals surface area contributed by atoms with Crippen LogP contribution in [0.1, 0.15) is 12.5 Å². The highest BCUT2D eigenvalue weighted by Crippen LogP contribution is 2.22. The molecule has 3 nitrogen and oxygen atoms in total. The molecule has 2 aromatic carbocycles. The molecule has 0 bridgehead atoms. The van der Waals surface area contributed by atoms with Crippen LogP contribution in [0.3, 0.4) is 0 Å². The van der Waals surface area contributed by atoms with Gasteiger partial charge in [-0.3, -0.25) is 4.79 Å². The van der Waals surface area contributed by atoms with E-state index in [1.807, 2.05) is 6.92 Å². The van der Waals surface area contributed by atoms with Gasteiger partial charge in [0.2, 0.25) is 5.91 Å². The zero-order valence-corrected chi connectivity index (χ0v) is 13.1. The summed E-state index contributed by atoms with van der Waals surface area (Å²) in [7, 11) is 0. The maximum absolute atomic E-state index is 12.8. The highest BCUT2D eigenvalue weighted by Gasteiger charge is 2.13. The summed E-state index contributed by atoms with van der Waals surface area (Å²) in [5.41, 5.74) is 1.43. The van der Waals surface area contributed by atoms with Gasteiger partial charge in [-0.15, -0.1) is 11.8 Å². The Labute approximate surface area is 133 Å². The summed E-state index contributed by atoms with van der Waals surface area (Å²) in [4.78, 5) is 13.1. The number of aliphatic hydroxyl groups is 1. The second kappa shape index (κ2) is 7.96. The van der Waals surface area contributed by atoms with Crippen molar-refractivity contribution in [2.75, 3.05) is 11.1 Å². The number of carbonyl (C=O) groups is 1. The molecule has 2 rings (SSSR count). The third-order valence-corrected chi connectivity index (χ3v) is 4.41. The van der Waals surface area contributed by atoms with Crippen molar-refractivity contribution in [2.45, 2.75) is 18.4 Å². The van der Waals surface area contributed by atoms with Crippen molar-refractivity contribution >= 4 is 23.4 Å². The predicted molar refractivity (Wildman–Crippen MR) is 87.3 cm³/mol. The van der Waals surface area contributed by atoms with Crippen LogP contribution in [-0.4, -0.2) is 16.8 Å². The van der Waals surface area contributed by atoms with Crippen molar-refractivity contribution in [3.63, 3.8) is 0 Å². The van der Waals surface area contributed by atoms with Crippen LogP contribution in [0.5, 0.6) is 0 Å². The average molecular weight is 319 g/mol. The minimum atomic E-state index is -0.265. The van der Waals surface area contributed by atoms with Gasteiger partial charge in [-0.2, -0.15) is 0 Å². The molecule has 2 N–H and O–H groups in total. The summed E-state index contributed by atoms with van der Waals surface area (Å²) in [6.45, 7) is 1.79. The van der Waals surface area contributed by atoms with Gasteiger partial charge in [0, 0.05) is 22.3 Å². The summed E-state index contributed by atoms with van der Waals surface area (Å²) >= 11 is 1.52. The molecule has 0 radical (unpaired) electrons. The Kier molecular flexibility index (Phi) is 5.98. The van der Waals surface area contributed by atoms with Crippen LogP contribution < -0.4 is 5.32 Å². The molecule has 0 fully saturated rings. The van der Waals surface area contributed by atoms with Crippen LogP contribution in [0.15, 0.2) is 53.4 Å². The van der Waals surface area contributed by atoms with E-state index < -0.39 is 0 Å². The van der Waals surface area contributed by atoms with Crippen LogP contribution >= 0.6 is 11.8 Å². The quantitative estimate of drug-likeness (QED) is 0.799. The molecule has 0 aromatic heterocycles. The van der Waals surface area contributed by atoms with Gasteiger partial charge >= 0.3 is 0 Å². The van der Waals surface area contributed by atoms with E-state index in [4.69, 9.17) is 5.11 Å². The number of aliphatic hydroxyl groups excluding tert-OH is 1. The largest absolute Gasteiger partial charge is 0.392 e. The molecule has 0 spiro atoms. The first-order chi connectivity index (χ1) is 10.6. The fourth-order valence-electron chi connectivity index (χ4n) is 1.84. The summed E-state index contributed by atoms with van der Waals surface area (Å²) in [6, 6.07) is 13.4. The zero-order chi connectivity index (χ0) is 15.9. The molecule has 5 heteroatoms. The van der Waals surface area contributed by atoms with Crippen LogP contribution in [-0.2, 0) is 11.4 Å². The van der Waals surface area contributed by atoms with Gasteiger partial charge < -0.3 is 10.4 Å². The number of amides is 1. The van der Waals surface area contributed by atoms with E-state index in [0.29, 0.717) is 11.4 Å². The normalized spacial score (nSPS) is 12.0. The second-order valence-electron chi connectivity index (χ2n) is 5.01. The van der Waals surface area contributed by atoms with Crippen LogP contribution in [0, 0.1) is 11.7 Å². The molecule has 1 amide bonds. The Hall–Kier alpha value is -1.85. The van der Waals surface area contributed by atoms with E-state index in [-0.39, 0.29) is 24.2 Å². The summed E-state index contributed by atoms with van der Waals surface area (Å²) in [5.74, 6) is 0.0772. The van der Waals surface area contributed by atoms with Crippen molar-refractivity contribution < 1.29 is 14.3 Å². The Bertz CT molecular complexity index is 631. The fourth-order valence-corrected chi connectivity index (χ4v) is 2.76. The number of carbonyl (C=O) groups excluding carboxylic acids is 1. The molecular formula is C17H18FNO2S. The third-order valence-electron chi connectivity index (χ3n) is 3.14. The Balaban J connectivity index is 1.87. The van der Waals surface area contributed by atoms with Crippen molar-refractivity contribution in [1.82, 2.24) is 0 Å². The van der Waals surface area contributed by atoms with E-state index in [2.05, 4.69) is 5.32 Å². The number of hydrogen-bond acceptors (Lipinski definition) is 3. The van der Waals surface area contributed by atoms with Crippen molar-refractivity contribution in [3.8, 4) is 0 Å². The smallest absolute Gasteiger partial charge is 0.228 e. The summed E-state index contributed by atoms with van der Waals surface area (Å²) in [5, 5.41) is 11.9. The van der Waals surface area contributed by atoms with Gasteiger partial charge in [0.25, 0.3) is 0 Å². The Morgan fingerprint density at radius 2 is 2.00 bits per heavy atom. The molecule has 116 valence electrons. The lowest BCUT2D eigenvalue weighted by Gasteiger charge is -2.12. The maximum Gasteiger partial charge on any atom is 0.228 e. The van der Waals surface area contributed by atoms with E-state index in [1.54, 1.807) is 36.4 Å². The van der Waals surface area contributed by atoms with Crippen LogP contribution in [0.2, 0.25) is 0 Å². The first-order valence-corrected chi connectivity index (χ1v) is 7.96. The number of hydrogen-bond donors (Lipinski definition) is 2. The van der Waals surface area contributed by atoms with Crippen LogP contribution in [0.4, 0.5) is 10.1 Å².